The van der Waals surface area contributed by atoms with Crippen LogP contribution in [-0.4, -0.2) is 59.6 Å². The molecular formula is C20H28FN3O3. The molecule has 1 heterocycles. The van der Waals surface area contributed by atoms with Crippen molar-refractivity contribution in [3.05, 3.63) is 35.1 Å². The van der Waals surface area contributed by atoms with Crippen LogP contribution in [0.1, 0.15) is 49.3 Å². The number of aryl methyl sites for hydroxylation is 1. The number of hydrogen-bond acceptors (Lipinski definition) is 3. The number of nitrogens with zero attached hydrogens (tertiary/aromatic N) is 2. The van der Waals surface area contributed by atoms with Gasteiger partial charge in [0.25, 0.3) is 0 Å². The molecule has 27 heavy (non-hydrogen) atoms. The maximum Gasteiger partial charge on any atom is 0.317 e. The first kappa shape index (κ1) is 19.6. The Morgan fingerprint density at radius 3 is 2.85 bits per heavy atom. The number of urea groups is 1. The van der Waals surface area contributed by atoms with Crippen LogP contribution in [0, 0.1) is 5.82 Å². The number of nitrogens with one attached hydrogen (secondary N) is 1. The number of aliphatic carboxylic acids is 1. The molecule has 2 N–H and O–H groups in total. The number of fused-ring (bicyclic) bond motifs is 1. The quantitative estimate of drug-likeness (QED) is 0.846. The van der Waals surface area contributed by atoms with Gasteiger partial charge in [0.05, 0.1) is 12.6 Å². The molecule has 2 unspecified atom stereocenters. The highest BCUT2D eigenvalue weighted by atomic mass is 19.1. The molecule has 1 aliphatic heterocycles. The summed E-state index contributed by atoms with van der Waals surface area (Å²) in [6.07, 6.45) is 5.16. The fraction of sp³-hybridized carbons (Fsp3) is 0.600. The van der Waals surface area contributed by atoms with E-state index in [-0.39, 0.29) is 30.5 Å². The molecule has 1 aromatic rings. The monoisotopic (exact) mass is 377 g/mol. The third kappa shape index (κ3) is 4.97. The van der Waals surface area contributed by atoms with Gasteiger partial charge in [-0.2, -0.15) is 0 Å². The van der Waals surface area contributed by atoms with E-state index in [2.05, 4.69) is 5.32 Å². The minimum atomic E-state index is -0.830. The summed E-state index contributed by atoms with van der Waals surface area (Å²) in [5, 5.41) is 12.1. The number of carbonyl (C=O) groups excluding carboxylic acids is 1. The molecule has 3 rings (SSSR count). The molecule has 1 saturated heterocycles. The molecule has 2 amide bonds. The lowest BCUT2D eigenvalue weighted by molar-refractivity contribution is -0.138. The molecule has 0 saturated carbocycles. The van der Waals surface area contributed by atoms with E-state index in [4.69, 9.17) is 5.11 Å². The van der Waals surface area contributed by atoms with Crippen molar-refractivity contribution in [1.82, 2.24) is 15.1 Å². The maximum atomic E-state index is 13.5. The Hall–Kier alpha value is -2.15. The molecule has 148 valence electrons. The Labute approximate surface area is 159 Å². The number of hydrogen-bond donors (Lipinski definition) is 2. The fourth-order valence-electron chi connectivity index (χ4n) is 4.24. The molecule has 0 radical (unpaired) electrons. The standard InChI is InChI=1S/C20H28FN3O3/c1-23(13-19(25)26)16-5-3-10-24(11-9-16)20(27)22-18-6-2-4-14-12-15(21)7-8-17(14)18/h7-8,12,16,18H,2-6,9-11,13H2,1H3,(H,22,27)(H,25,26). The van der Waals surface area contributed by atoms with Gasteiger partial charge in [0.1, 0.15) is 5.82 Å². The first-order valence-corrected chi connectivity index (χ1v) is 9.70. The average molecular weight is 377 g/mol. The molecule has 0 bridgehead atoms. The van der Waals surface area contributed by atoms with Crippen LogP contribution in [0.15, 0.2) is 18.2 Å². The van der Waals surface area contributed by atoms with Crippen molar-refractivity contribution in [1.29, 1.82) is 0 Å². The summed E-state index contributed by atoms with van der Waals surface area (Å²) < 4.78 is 13.5. The smallest absolute Gasteiger partial charge is 0.317 e. The van der Waals surface area contributed by atoms with E-state index in [9.17, 15) is 14.0 Å². The van der Waals surface area contributed by atoms with E-state index in [1.807, 2.05) is 16.8 Å². The zero-order valence-corrected chi connectivity index (χ0v) is 15.8. The molecule has 0 aromatic heterocycles. The molecule has 1 aliphatic carbocycles. The molecule has 2 atom stereocenters. The van der Waals surface area contributed by atoms with Gasteiger partial charge in [-0.3, -0.25) is 9.69 Å². The lowest BCUT2D eigenvalue weighted by Gasteiger charge is -2.30. The van der Waals surface area contributed by atoms with Gasteiger partial charge in [-0.05, 0) is 68.8 Å². The van der Waals surface area contributed by atoms with Crippen LogP contribution in [-0.2, 0) is 11.2 Å². The summed E-state index contributed by atoms with van der Waals surface area (Å²) in [5.41, 5.74) is 2.00. The Morgan fingerprint density at radius 2 is 2.07 bits per heavy atom. The molecule has 1 aromatic carbocycles. The van der Waals surface area contributed by atoms with Crippen LogP contribution in [0.4, 0.5) is 9.18 Å². The van der Waals surface area contributed by atoms with Crippen molar-refractivity contribution >= 4 is 12.0 Å². The summed E-state index contributed by atoms with van der Waals surface area (Å²) in [6.45, 7) is 1.31. The second kappa shape index (κ2) is 8.69. The number of carbonyl (C=O) groups is 2. The minimum Gasteiger partial charge on any atom is -0.480 e. The molecular weight excluding hydrogens is 349 g/mol. The van der Waals surface area contributed by atoms with Crippen LogP contribution >= 0.6 is 0 Å². The van der Waals surface area contributed by atoms with E-state index in [1.165, 1.54) is 6.07 Å². The summed E-state index contributed by atoms with van der Waals surface area (Å²) in [6, 6.07) is 4.83. The number of carboxylic acids is 1. The topological polar surface area (TPSA) is 72.9 Å². The number of halogens is 1. The molecule has 6 nitrogen and oxygen atoms in total. The zero-order valence-electron chi connectivity index (χ0n) is 15.8. The van der Waals surface area contributed by atoms with E-state index in [1.54, 1.807) is 12.1 Å². The van der Waals surface area contributed by atoms with Crippen LogP contribution in [0.5, 0.6) is 0 Å². The highest BCUT2D eigenvalue weighted by molar-refractivity contribution is 5.75. The SMILES string of the molecule is CN(CC(=O)O)C1CCCN(C(=O)NC2CCCc3cc(F)ccc32)CC1. The normalized spacial score (nSPS) is 22.9. The van der Waals surface area contributed by atoms with Crippen molar-refractivity contribution in [3.8, 4) is 0 Å². The zero-order chi connectivity index (χ0) is 19.4. The van der Waals surface area contributed by atoms with Crippen LogP contribution in [0.2, 0.25) is 0 Å². The highest BCUT2D eigenvalue weighted by Crippen LogP contribution is 2.30. The van der Waals surface area contributed by atoms with Crippen LogP contribution < -0.4 is 5.32 Å². The predicted octanol–water partition coefficient (Wildman–Crippen LogP) is 2.78. The van der Waals surface area contributed by atoms with Gasteiger partial charge in [-0.1, -0.05) is 6.07 Å². The number of amides is 2. The van der Waals surface area contributed by atoms with Crippen LogP contribution in [0.3, 0.4) is 0 Å². The van der Waals surface area contributed by atoms with Gasteiger partial charge in [0, 0.05) is 19.1 Å². The van der Waals surface area contributed by atoms with Crippen molar-refractivity contribution in [2.75, 3.05) is 26.7 Å². The average Bonchev–Trinajstić information content (AvgIpc) is 2.87. The van der Waals surface area contributed by atoms with Gasteiger partial charge < -0.3 is 15.3 Å². The van der Waals surface area contributed by atoms with Gasteiger partial charge in [-0.15, -0.1) is 0 Å². The number of rotatable bonds is 4. The molecule has 1 fully saturated rings. The number of likely N-dealkylation sites (N-methyl/N-ethyl adjacent to an activating group) is 1. The number of benzene rings is 1. The van der Waals surface area contributed by atoms with E-state index in [0.717, 1.165) is 49.7 Å². The molecule has 2 aliphatic rings. The third-order valence-electron chi connectivity index (χ3n) is 5.71. The van der Waals surface area contributed by atoms with E-state index in [0.29, 0.717) is 13.1 Å². The predicted molar refractivity (Wildman–Crippen MR) is 100 cm³/mol. The molecule has 7 heteroatoms. The second-order valence-electron chi connectivity index (χ2n) is 7.62. The van der Waals surface area contributed by atoms with E-state index >= 15 is 0 Å². The van der Waals surface area contributed by atoms with Crippen molar-refractivity contribution in [2.24, 2.45) is 0 Å². The lowest BCUT2D eigenvalue weighted by atomic mass is 9.87. The summed E-state index contributed by atoms with van der Waals surface area (Å²) in [7, 11) is 1.83. The lowest BCUT2D eigenvalue weighted by Crippen LogP contribution is -2.43. The minimum absolute atomic E-state index is 0.0201. The summed E-state index contributed by atoms with van der Waals surface area (Å²) in [5.74, 6) is -1.06. The van der Waals surface area contributed by atoms with Gasteiger partial charge >= 0.3 is 12.0 Å². The van der Waals surface area contributed by atoms with Crippen LogP contribution in [0.25, 0.3) is 0 Å². The molecule has 0 spiro atoms. The fourth-order valence-corrected chi connectivity index (χ4v) is 4.24. The Balaban J connectivity index is 1.58. The van der Waals surface area contributed by atoms with Crippen molar-refractivity contribution in [3.63, 3.8) is 0 Å². The Morgan fingerprint density at radius 1 is 1.26 bits per heavy atom. The Bertz CT molecular complexity index is 697. The summed E-state index contributed by atoms with van der Waals surface area (Å²) in [4.78, 5) is 27.4. The first-order valence-electron chi connectivity index (χ1n) is 9.70. The second-order valence-corrected chi connectivity index (χ2v) is 7.62. The largest absolute Gasteiger partial charge is 0.480 e. The maximum absolute atomic E-state index is 13.5. The van der Waals surface area contributed by atoms with Crippen molar-refractivity contribution in [2.45, 2.75) is 50.6 Å². The summed E-state index contributed by atoms with van der Waals surface area (Å²) >= 11 is 0. The van der Waals surface area contributed by atoms with Gasteiger partial charge in [0.15, 0.2) is 0 Å². The van der Waals surface area contributed by atoms with Crippen molar-refractivity contribution < 1.29 is 19.1 Å². The third-order valence-corrected chi connectivity index (χ3v) is 5.71. The number of carboxylic acid groups (broad SMARTS) is 1. The van der Waals surface area contributed by atoms with E-state index < -0.39 is 5.97 Å². The first-order chi connectivity index (χ1) is 12.9. The van der Waals surface area contributed by atoms with Gasteiger partial charge in [-0.25, -0.2) is 9.18 Å². The van der Waals surface area contributed by atoms with Gasteiger partial charge in [0.2, 0.25) is 0 Å². The highest BCUT2D eigenvalue weighted by Gasteiger charge is 2.27. The number of likely N-dealkylation sites (tertiary alicyclic amines) is 1. The Kier molecular flexibility index (Phi) is 6.31.